The number of aryl methyl sites for hydroxylation is 1. The van der Waals surface area contributed by atoms with Gasteiger partial charge in [0.1, 0.15) is 5.75 Å². The van der Waals surface area contributed by atoms with E-state index >= 15 is 0 Å². The maximum Gasteiger partial charge on any atom is 0.264 e. The van der Waals surface area contributed by atoms with Crippen LogP contribution in [0.25, 0.3) is 10.9 Å². The highest BCUT2D eigenvalue weighted by Gasteiger charge is 2.37. The van der Waals surface area contributed by atoms with Crippen LogP contribution in [0, 0.1) is 6.92 Å². The van der Waals surface area contributed by atoms with Crippen molar-refractivity contribution in [2.45, 2.75) is 55.8 Å². The van der Waals surface area contributed by atoms with Gasteiger partial charge >= 0.3 is 0 Å². The molecule has 5 rings (SSSR count). The van der Waals surface area contributed by atoms with Gasteiger partial charge in [-0.05, 0) is 80.0 Å². The molecule has 6 nitrogen and oxygen atoms in total. The van der Waals surface area contributed by atoms with Crippen LogP contribution in [0.4, 0.5) is 0 Å². The second kappa shape index (κ2) is 7.89. The van der Waals surface area contributed by atoms with Crippen LogP contribution >= 0.6 is 0 Å². The van der Waals surface area contributed by atoms with Gasteiger partial charge in [-0.25, -0.2) is 13.1 Å². The highest BCUT2D eigenvalue weighted by atomic mass is 32.2. The van der Waals surface area contributed by atoms with Gasteiger partial charge in [0.05, 0.1) is 23.4 Å². The minimum atomic E-state index is -4.06. The molecule has 1 amide bonds. The lowest BCUT2D eigenvalue weighted by Crippen LogP contribution is -2.34. The van der Waals surface area contributed by atoms with Crippen LogP contribution in [-0.2, 0) is 21.2 Å². The molecule has 0 aliphatic heterocycles. The van der Waals surface area contributed by atoms with Crippen molar-refractivity contribution in [1.82, 2.24) is 9.71 Å². The van der Waals surface area contributed by atoms with E-state index in [-0.39, 0.29) is 4.90 Å². The average Bonchev–Trinajstić information content (AvgIpc) is 3.17. The molecule has 1 atom stereocenters. The van der Waals surface area contributed by atoms with Crippen LogP contribution in [-0.4, -0.2) is 26.4 Å². The predicted octanol–water partition coefficient (Wildman–Crippen LogP) is 4.35. The number of benzene rings is 2. The fourth-order valence-electron chi connectivity index (χ4n) is 5.02. The number of nitrogens with one attached hydrogen (secondary N) is 1. The van der Waals surface area contributed by atoms with Gasteiger partial charge in [-0.1, -0.05) is 18.6 Å². The topological polar surface area (TPSA) is 85.4 Å². The van der Waals surface area contributed by atoms with Gasteiger partial charge in [-0.3, -0.25) is 9.78 Å². The smallest absolute Gasteiger partial charge is 0.264 e. The first-order chi connectivity index (χ1) is 15.4. The molecule has 1 fully saturated rings. The number of aromatic nitrogens is 1. The van der Waals surface area contributed by atoms with Crippen molar-refractivity contribution in [3.8, 4) is 5.75 Å². The number of pyridine rings is 1. The number of fused-ring (bicyclic) bond motifs is 2. The van der Waals surface area contributed by atoms with Crippen molar-refractivity contribution in [3.63, 3.8) is 0 Å². The van der Waals surface area contributed by atoms with Gasteiger partial charge in [-0.15, -0.1) is 0 Å². The number of carbonyl (C=O) groups is 1. The van der Waals surface area contributed by atoms with Crippen LogP contribution in [0.3, 0.4) is 0 Å². The lowest BCUT2D eigenvalue weighted by atomic mass is 9.77. The first-order valence-electron chi connectivity index (χ1n) is 11.0. The van der Waals surface area contributed by atoms with E-state index < -0.39 is 21.8 Å². The fraction of sp³-hybridized carbons (Fsp3) is 0.360. The third-order valence-corrected chi connectivity index (χ3v) is 8.23. The third-order valence-electron chi connectivity index (χ3n) is 6.82. The van der Waals surface area contributed by atoms with Gasteiger partial charge in [0.2, 0.25) is 5.91 Å². The second-order valence-corrected chi connectivity index (χ2v) is 10.4. The normalized spacial score (nSPS) is 18.2. The summed E-state index contributed by atoms with van der Waals surface area (Å²) in [5.41, 5.74) is 4.68. The molecule has 0 saturated heterocycles. The molecule has 0 bridgehead atoms. The van der Waals surface area contributed by atoms with Crippen LogP contribution < -0.4 is 9.46 Å². The zero-order chi connectivity index (χ0) is 22.5. The molecule has 166 valence electrons. The van der Waals surface area contributed by atoms with E-state index in [1.54, 1.807) is 31.4 Å². The van der Waals surface area contributed by atoms with E-state index in [2.05, 4.69) is 15.8 Å². The molecule has 1 aromatic heterocycles. The summed E-state index contributed by atoms with van der Waals surface area (Å²) < 4.78 is 34.3. The molecule has 1 saturated carbocycles. The monoisotopic (exact) mass is 450 g/mol. The molecule has 0 spiro atoms. The molecule has 2 aliphatic rings. The highest BCUT2D eigenvalue weighted by molar-refractivity contribution is 7.90. The summed E-state index contributed by atoms with van der Waals surface area (Å²) in [5, 5.41) is 0.495. The van der Waals surface area contributed by atoms with E-state index in [4.69, 9.17) is 4.74 Å². The van der Waals surface area contributed by atoms with Crippen molar-refractivity contribution < 1.29 is 17.9 Å². The summed E-state index contributed by atoms with van der Waals surface area (Å²) in [6.45, 7) is 1.85. The molecular weight excluding hydrogens is 424 g/mol. The molecule has 2 aliphatic carbocycles. The van der Waals surface area contributed by atoms with E-state index in [0.717, 1.165) is 23.2 Å². The first-order valence-corrected chi connectivity index (χ1v) is 12.5. The summed E-state index contributed by atoms with van der Waals surface area (Å²) in [5.74, 6) is 0.129. The number of sulfonamides is 1. The van der Waals surface area contributed by atoms with Crippen molar-refractivity contribution in [3.05, 3.63) is 64.8 Å². The second-order valence-electron chi connectivity index (χ2n) is 8.71. The number of amides is 1. The number of methoxy groups -OCH3 is 1. The minimum absolute atomic E-state index is 0.0595. The standard InChI is InChI=1S/C25H26N2O4S/c1-15-9-10-19-21(26-15)7-4-8-23(19)32(29,30)27-25(28)20-12-11-18-17(16-5-3-6-16)13-14-22(31-2)24(18)20/h4,7-10,13-14,16,20H,3,5-6,11-12H2,1-2H3,(H,27,28)/t20-/m1/s1. The Kier molecular flexibility index (Phi) is 5.16. The molecular formula is C25H26N2O4S. The van der Waals surface area contributed by atoms with Crippen molar-refractivity contribution in [2.75, 3.05) is 7.11 Å². The zero-order valence-corrected chi connectivity index (χ0v) is 19.0. The van der Waals surface area contributed by atoms with E-state index in [0.29, 0.717) is 29.0 Å². The van der Waals surface area contributed by atoms with Gasteiger partial charge in [0.15, 0.2) is 0 Å². The number of hydrogen-bond donors (Lipinski definition) is 1. The minimum Gasteiger partial charge on any atom is -0.496 e. The summed E-state index contributed by atoms with van der Waals surface area (Å²) in [4.78, 5) is 17.7. The Morgan fingerprint density at radius 3 is 2.62 bits per heavy atom. The fourth-order valence-corrected chi connectivity index (χ4v) is 6.25. The Balaban J connectivity index is 1.48. The molecule has 1 heterocycles. The summed E-state index contributed by atoms with van der Waals surface area (Å²) in [6, 6.07) is 12.5. The highest BCUT2D eigenvalue weighted by Crippen LogP contribution is 2.47. The van der Waals surface area contributed by atoms with Crippen molar-refractivity contribution in [2.24, 2.45) is 0 Å². The lowest BCUT2D eigenvalue weighted by Gasteiger charge is -2.28. The summed E-state index contributed by atoms with van der Waals surface area (Å²) in [6.07, 6.45) is 4.89. The zero-order valence-electron chi connectivity index (χ0n) is 18.2. The molecule has 1 N–H and O–H groups in total. The van der Waals surface area contributed by atoms with E-state index in [1.807, 2.05) is 13.0 Å². The predicted molar refractivity (Wildman–Crippen MR) is 122 cm³/mol. The van der Waals surface area contributed by atoms with Crippen LogP contribution in [0.2, 0.25) is 0 Å². The molecule has 0 radical (unpaired) electrons. The first kappa shape index (κ1) is 20.9. The quantitative estimate of drug-likeness (QED) is 0.624. The molecule has 0 unspecified atom stereocenters. The maximum absolute atomic E-state index is 13.3. The Hall–Kier alpha value is -2.93. The van der Waals surface area contributed by atoms with Crippen molar-refractivity contribution >= 4 is 26.8 Å². The third kappa shape index (κ3) is 3.45. The average molecular weight is 451 g/mol. The summed E-state index contributed by atoms with van der Waals surface area (Å²) in [7, 11) is -2.47. The van der Waals surface area contributed by atoms with E-state index in [9.17, 15) is 13.2 Å². The SMILES string of the molecule is COc1ccc(C2CCC2)c2c1[C@H](C(=O)NS(=O)(=O)c1cccc3nc(C)ccc13)CC2. The van der Waals surface area contributed by atoms with E-state index in [1.165, 1.54) is 30.9 Å². The van der Waals surface area contributed by atoms with Crippen molar-refractivity contribution in [1.29, 1.82) is 0 Å². The number of ether oxygens (including phenoxy) is 1. The van der Waals surface area contributed by atoms with Gasteiger partial charge < -0.3 is 4.74 Å². The Bertz CT molecular complexity index is 1330. The Morgan fingerprint density at radius 1 is 1.09 bits per heavy atom. The van der Waals surface area contributed by atoms with Crippen LogP contribution in [0.15, 0.2) is 47.4 Å². The summed E-state index contributed by atoms with van der Waals surface area (Å²) >= 11 is 0. The maximum atomic E-state index is 13.3. The molecule has 2 aromatic carbocycles. The van der Waals surface area contributed by atoms with Gasteiger partial charge in [0.25, 0.3) is 10.0 Å². The molecule has 32 heavy (non-hydrogen) atoms. The number of nitrogens with zero attached hydrogens (tertiary/aromatic N) is 1. The molecule has 3 aromatic rings. The largest absolute Gasteiger partial charge is 0.496 e. The van der Waals surface area contributed by atoms with Crippen LogP contribution in [0.5, 0.6) is 5.75 Å². The number of rotatable bonds is 5. The number of hydrogen-bond acceptors (Lipinski definition) is 5. The Labute approximate surface area is 188 Å². The van der Waals surface area contributed by atoms with Gasteiger partial charge in [-0.2, -0.15) is 0 Å². The number of carbonyl (C=O) groups excluding carboxylic acids is 1. The van der Waals surface area contributed by atoms with Gasteiger partial charge in [0, 0.05) is 16.6 Å². The van der Waals surface area contributed by atoms with Crippen LogP contribution in [0.1, 0.15) is 59.9 Å². The Morgan fingerprint density at radius 2 is 1.91 bits per heavy atom. The molecule has 7 heteroatoms. The lowest BCUT2D eigenvalue weighted by molar-refractivity contribution is -0.120.